The predicted molar refractivity (Wildman–Crippen MR) is 109 cm³/mol. The summed E-state index contributed by atoms with van der Waals surface area (Å²) < 4.78 is 12.0. The molecule has 0 aliphatic rings. The lowest BCUT2D eigenvalue weighted by Crippen LogP contribution is -2.34. The molecule has 0 aliphatic carbocycles. The van der Waals surface area contributed by atoms with Crippen LogP contribution >= 0.6 is 11.3 Å². The molecule has 4 rings (SSSR count). The molecule has 0 spiro atoms. The van der Waals surface area contributed by atoms with Gasteiger partial charge in [-0.3, -0.25) is 14.0 Å². The summed E-state index contributed by atoms with van der Waals surface area (Å²) >= 11 is 1.33. The maximum Gasteiger partial charge on any atom is 0.333 e. The Kier molecular flexibility index (Phi) is 5.44. The number of rotatable bonds is 6. The van der Waals surface area contributed by atoms with Crippen LogP contribution in [0.1, 0.15) is 33.5 Å². The molecule has 1 atom stereocenters. The Morgan fingerprint density at radius 3 is 2.77 bits per heavy atom. The molecule has 0 aliphatic heterocycles. The van der Waals surface area contributed by atoms with Crippen molar-refractivity contribution in [2.45, 2.75) is 19.6 Å². The highest BCUT2D eigenvalue weighted by Gasteiger charge is 2.26. The smallest absolute Gasteiger partial charge is 0.333 e. The first-order valence-electron chi connectivity index (χ1n) is 9.05. The van der Waals surface area contributed by atoms with Gasteiger partial charge < -0.3 is 14.5 Å². The molecule has 152 valence electrons. The molecule has 9 heteroatoms. The minimum atomic E-state index is -1.04. The van der Waals surface area contributed by atoms with Crippen LogP contribution in [0.3, 0.4) is 0 Å². The van der Waals surface area contributed by atoms with E-state index in [2.05, 4.69) is 10.3 Å². The zero-order valence-corrected chi connectivity index (χ0v) is 16.7. The van der Waals surface area contributed by atoms with E-state index in [0.717, 1.165) is 5.69 Å². The number of esters is 1. The van der Waals surface area contributed by atoms with E-state index in [9.17, 15) is 14.4 Å². The number of amides is 1. The summed E-state index contributed by atoms with van der Waals surface area (Å²) in [6.45, 7) is 1.62. The molecule has 0 saturated heterocycles. The number of thiazole rings is 1. The Hall–Kier alpha value is -3.72. The number of ether oxygens (including phenoxy) is 1. The number of furan rings is 1. The van der Waals surface area contributed by atoms with E-state index in [1.807, 2.05) is 12.3 Å². The summed E-state index contributed by atoms with van der Waals surface area (Å²) in [5, 5.41) is 4.45. The zero-order valence-electron chi connectivity index (χ0n) is 15.9. The third-order valence-corrected chi connectivity index (χ3v) is 5.32. The fourth-order valence-corrected chi connectivity index (χ4v) is 3.83. The van der Waals surface area contributed by atoms with Gasteiger partial charge in [-0.1, -0.05) is 30.3 Å². The second-order valence-corrected chi connectivity index (χ2v) is 7.32. The Balaban J connectivity index is 1.53. The van der Waals surface area contributed by atoms with Gasteiger partial charge in [0.15, 0.2) is 16.8 Å². The number of nitrogens with one attached hydrogen (secondary N) is 1. The third-order valence-electron chi connectivity index (χ3n) is 4.38. The molecule has 3 aromatic heterocycles. The first kappa shape index (κ1) is 19.6. The highest BCUT2D eigenvalue weighted by molar-refractivity contribution is 7.15. The normalized spacial score (nSPS) is 11.9. The Morgan fingerprint density at radius 1 is 1.23 bits per heavy atom. The quantitative estimate of drug-likeness (QED) is 0.479. The molecule has 3 heterocycles. The molecule has 8 nitrogen and oxygen atoms in total. The summed E-state index contributed by atoms with van der Waals surface area (Å²) in [5.41, 5.74) is 1.44. The molecule has 0 bridgehead atoms. The Labute approximate surface area is 174 Å². The van der Waals surface area contributed by atoms with Crippen LogP contribution in [-0.2, 0) is 16.1 Å². The number of hydrogen-bond donors (Lipinski definition) is 1. The summed E-state index contributed by atoms with van der Waals surface area (Å²) in [7, 11) is 0. The van der Waals surface area contributed by atoms with Crippen molar-refractivity contribution in [2.24, 2.45) is 0 Å². The van der Waals surface area contributed by atoms with Gasteiger partial charge in [0.25, 0.3) is 11.5 Å². The third kappa shape index (κ3) is 4.01. The van der Waals surface area contributed by atoms with Crippen molar-refractivity contribution in [2.75, 3.05) is 0 Å². The lowest BCUT2D eigenvalue weighted by Gasteiger charge is -2.17. The fraction of sp³-hybridized carbons (Fsp3) is 0.143. The Bertz CT molecular complexity index is 1240. The maximum absolute atomic E-state index is 12.8. The number of benzene rings is 1. The molecule has 0 radical (unpaired) electrons. The Morgan fingerprint density at radius 2 is 2.03 bits per heavy atom. The molecule has 0 fully saturated rings. The number of hydrogen-bond acceptors (Lipinski definition) is 7. The molecule has 4 aromatic rings. The van der Waals surface area contributed by atoms with Gasteiger partial charge in [-0.25, -0.2) is 9.78 Å². The van der Waals surface area contributed by atoms with E-state index in [1.165, 1.54) is 34.1 Å². The van der Waals surface area contributed by atoms with E-state index in [-0.39, 0.29) is 17.9 Å². The molecule has 1 unspecified atom stereocenters. The number of aryl methyl sites for hydroxylation is 1. The molecular formula is C21H17N3O5S. The number of fused-ring (bicyclic) bond motifs is 1. The molecule has 0 saturated carbocycles. The van der Waals surface area contributed by atoms with Crippen molar-refractivity contribution >= 4 is 28.2 Å². The van der Waals surface area contributed by atoms with Crippen LogP contribution in [0, 0.1) is 6.92 Å². The number of aromatic nitrogens is 2. The van der Waals surface area contributed by atoms with Gasteiger partial charge in [-0.2, -0.15) is 0 Å². The van der Waals surface area contributed by atoms with Crippen LogP contribution in [0.4, 0.5) is 0 Å². The lowest BCUT2D eigenvalue weighted by atomic mass is 10.1. The highest BCUT2D eigenvalue weighted by Crippen LogP contribution is 2.17. The molecule has 30 heavy (non-hydrogen) atoms. The highest BCUT2D eigenvalue weighted by atomic mass is 32.1. The topological polar surface area (TPSA) is 103 Å². The van der Waals surface area contributed by atoms with Crippen LogP contribution in [0.15, 0.2) is 69.4 Å². The largest absolute Gasteiger partial charge is 0.459 e. The molecule has 1 amide bonds. The van der Waals surface area contributed by atoms with Crippen molar-refractivity contribution < 1.29 is 18.7 Å². The summed E-state index contributed by atoms with van der Waals surface area (Å²) in [6, 6.07) is 12.1. The second kappa shape index (κ2) is 8.34. The summed E-state index contributed by atoms with van der Waals surface area (Å²) in [4.78, 5) is 42.4. The van der Waals surface area contributed by atoms with Crippen molar-refractivity contribution in [1.29, 1.82) is 0 Å². The summed E-state index contributed by atoms with van der Waals surface area (Å²) in [5.74, 6) is -1.14. The van der Waals surface area contributed by atoms with Crippen molar-refractivity contribution in [3.8, 4) is 0 Å². The SMILES string of the molecule is Cc1csc2nc(COC(=O)C(NC(=O)c3ccco3)c3ccccc3)cc(=O)n12. The van der Waals surface area contributed by atoms with Crippen LogP contribution in [0.5, 0.6) is 0 Å². The van der Waals surface area contributed by atoms with Gasteiger partial charge in [-0.05, 0) is 24.6 Å². The lowest BCUT2D eigenvalue weighted by molar-refractivity contribution is -0.147. The number of carbonyl (C=O) groups is 2. The van der Waals surface area contributed by atoms with Crippen molar-refractivity contribution in [3.63, 3.8) is 0 Å². The van der Waals surface area contributed by atoms with E-state index >= 15 is 0 Å². The zero-order chi connectivity index (χ0) is 21.1. The average Bonchev–Trinajstić information content (AvgIpc) is 3.41. The van der Waals surface area contributed by atoms with Gasteiger partial charge in [-0.15, -0.1) is 11.3 Å². The van der Waals surface area contributed by atoms with E-state index < -0.39 is 17.9 Å². The second-order valence-electron chi connectivity index (χ2n) is 6.48. The fourth-order valence-electron chi connectivity index (χ4n) is 2.94. The minimum Gasteiger partial charge on any atom is -0.459 e. The maximum atomic E-state index is 12.8. The first-order valence-corrected chi connectivity index (χ1v) is 9.93. The van der Waals surface area contributed by atoms with Gasteiger partial charge in [0, 0.05) is 17.1 Å². The monoisotopic (exact) mass is 423 g/mol. The van der Waals surface area contributed by atoms with Crippen LogP contribution in [-0.4, -0.2) is 21.3 Å². The van der Waals surface area contributed by atoms with E-state index in [0.29, 0.717) is 16.2 Å². The van der Waals surface area contributed by atoms with Crippen LogP contribution < -0.4 is 10.9 Å². The van der Waals surface area contributed by atoms with Crippen LogP contribution in [0.25, 0.3) is 4.96 Å². The van der Waals surface area contributed by atoms with Gasteiger partial charge in [0.1, 0.15) is 6.61 Å². The van der Waals surface area contributed by atoms with Gasteiger partial charge in [0.2, 0.25) is 0 Å². The number of nitrogens with zero attached hydrogens (tertiary/aromatic N) is 2. The van der Waals surface area contributed by atoms with Gasteiger partial charge >= 0.3 is 5.97 Å². The summed E-state index contributed by atoms with van der Waals surface area (Å²) in [6.07, 6.45) is 1.37. The molecular weight excluding hydrogens is 406 g/mol. The first-order chi connectivity index (χ1) is 14.5. The van der Waals surface area contributed by atoms with E-state index in [4.69, 9.17) is 9.15 Å². The average molecular weight is 423 g/mol. The molecule has 1 aromatic carbocycles. The standard InChI is InChI=1S/C21H17N3O5S/c1-13-12-30-21-22-15(10-17(25)24(13)21)11-29-20(27)18(14-6-3-2-4-7-14)23-19(26)16-8-5-9-28-16/h2-10,12,18H,11H2,1H3,(H,23,26). The van der Waals surface area contributed by atoms with Crippen molar-refractivity contribution in [3.05, 3.63) is 93.2 Å². The molecule has 1 N–H and O–H groups in total. The minimum absolute atomic E-state index is 0.0805. The van der Waals surface area contributed by atoms with Gasteiger partial charge in [0.05, 0.1) is 12.0 Å². The van der Waals surface area contributed by atoms with Crippen molar-refractivity contribution in [1.82, 2.24) is 14.7 Å². The van der Waals surface area contributed by atoms with Crippen LogP contribution in [0.2, 0.25) is 0 Å². The van der Waals surface area contributed by atoms with E-state index in [1.54, 1.807) is 36.4 Å². The number of carbonyl (C=O) groups excluding carboxylic acids is 2. The predicted octanol–water partition coefficient (Wildman–Crippen LogP) is 2.87.